The highest BCUT2D eigenvalue weighted by Gasteiger charge is 2.08. The van der Waals surface area contributed by atoms with Crippen molar-refractivity contribution < 1.29 is 0 Å². The first-order valence-electron chi connectivity index (χ1n) is 6.22. The second-order valence-electron chi connectivity index (χ2n) is 4.71. The van der Waals surface area contributed by atoms with E-state index >= 15 is 0 Å². The molecule has 0 amide bonds. The maximum atomic E-state index is 2.30. The van der Waals surface area contributed by atoms with Gasteiger partial charge in [-0.05, 0) is 50.9 Å². The second-order valence-corrected chi connectivity index (χ2v) is 4.71. The zero-order valence-electron chi connectivity index (χ0n) is 9.93. The molecule has 0 heterocycles. The van der Waals surface area contributed by atoms with Crippen LogP contribution in [0.2, 0.25) is 0 Å². The lowest BCUT2D eigenvalue weighted by Crippen LogP contribution is -1.72. The van der Waals surface area contributed by atoms with Crippen LogP contribution >= 0.6 is 0 Å². The van der Waals surface area contributed by atoms with E-state index in [4.69, 9.17) is 0 Å². The van der Waals surface area contributed by atoms with E-state index < -0.39 is 0 Å². The molecule has 0 saturated carbocycles. The molecule has 0 nitrogen and oxygen atoms in total. The third-order valence-corrected chi connectivity index (χ3v) is 3.59. The van der Waals surface area contributed by atoms with Crippen molar-refractivity contribution >= 4 is 21.5 Å². The van der Waals surface area contributed by atoms with Crippen molar-refractivity contribution in [2.45, 2.75) is 0 Å². The molecule has 2 aliphatic carbocycles. The summed E-state index contributed by atoms with van der Waals surface area (Å²) < 4.78 is 0. The monoisotopic (exact) mass is 228 g/mol. The summed E-state index contributed by atoms with van der Waals surface area (Å²) in [7, 11) is 0. The Labute approximate surface area is 106 Å². The van der Waals surface area contributed by atoms with E-state index in [1.165, 1.54) is 32.7 Å². The molecule has 84 valence electrons. The molecule has 4 rings (SSSR count). The van der Waals surface area contributed by atoms with Crippen LogP contribution in [0.5, 0.6) is 0 Å². The zero-order chi connectivity index (χ0) is 11.9. The highest BCUT2D eigenvalue weighted by molar-refractivity contribution is 6.08. The summed E-state index contributed by atoms with van der Waals surface area (Å²) in [5, 5.41) is 5.29. The van der Waals surface area contributed by atoms with E-state index in [-0.39, 0.29) is 0 Å². The van der Waals surface area contributed by atoms with Gasteiger partial charge in [-0.2, -0.15) is 0 Å². The molecule has 0 saturated heterocycles. The molecule has 0 heteroatoms. The van der Waals surface area contributed by atoms with Crippen molar-refractivity contribution in [3.05, 3.63) is 72.8 Å². The summed E-state index contributed by atoms with van der Waals surface area (Å²) in [5.41, 5.74) is 2.64. The lowest BCUT2D eigenvalue weighted by Gasteiger charge is -1.99. The Hall–Kier alpha value is -2.34. The van der Waals surface area contributed by atoms with Gasteiger partial charge in [0.05, 0.1) is 0 Å². The van der Waals surface area contributed by atoms with E-state index in [1.807, 2.05) is 0 Å². The van der Waals surface area contributed by atoms with E-state index in [0.717, 1.165) is 0 Å². The molecule has 2 aromatic carbocycles. The normalized spacial score (nSPS) is 11.3. The van der Waals surface area contributed by atoms with Crippen LogP contribution in [0.25, 0.3) is 32.7 Å². The predicted molar refractivity (Wildman–Crippen MR) is 78.1 cm³/mol. The number of hydrogen-bond donors (Lipinski definition) is 0. The van der Waals surface area contributed by atoms with Gasteiger partial charge in [0.15, 0.2) is 0 Å². The minimum absolute atomic E-state index is 1.31. The Balaban J connectivity index is 2.21. The van der Waals surface area contributed by atoms with Crippen molar-refractivity contribution in [2.24, 2.45) is 0 Å². The summed E-state index contributed by atoms with van der Waals surface area (Å²) in [6.45, 7) is 0. The maximum Gasteiger partial charge on any atom is -0.00988 e. The van der Waals surface area contributed by atoms with Gasteiger partial charge in [-0.25, -0.2) is 0 Å². The SMILES string of the molecule is c1ccc2cc3cc4ccccc4cc3c-2cc1. The van der Waals surface area contributed by atoms with Gasteiger partial charge >= 0.3 is 0 Å². The third kappa shape index (κ3) is 1.32. The molecule has 18 heavy (non-hydrogen) atoms. The fourth-order valence-corrected chi connectivity index (χ4v) is 2.71. The van der Waals surface area contributed by atoms with E-state index in [9.17, 15) is 0 Å². The van der Waals surface area contributed by atoms with Crippen LogP contribution in [0.15, 0.2) is 72.8 Å². The quantitative estimate of drug-likeness (QED) is 0.393. The van der Waals surface area contributed by atoms with Gasteiger partial charge in [-0.15, -0.1) is 0 Å². The molecule has 0 aromatic heterocycles. The zero-order valence-corrected chi connectivity index (χ0v) is 9.93. The molecule has 0 unspecified atom stereocenters. The first-order valence-corrected chi connectivity index (χ1v) is 6.22. The van der Waals surface area contributed by atoms with Crippen molar-refractivity contribution in [1.82, 2.24) is 0 Å². The molecule has 2 aromatic rings. The van der Waals surface area contributed by atoms with Crippen molar-refractivity contribution in [3.8, 4) is 11.1 Å². The average molecular weight is 228 g/mol. The van der Waals surface area contributed by atoms with Gasteiger partial charge < -0.3 is 0 Å². The van der Waals surface area contributed by atoms with E-state index in [0.29, 0.717) is 0 Å². The van der Waals surface area contributed by atoms with Gasteiger partial charge in [0, 0.05) is 0 Å². The molecule has 0 atom stereocenters. The summed E-state index contributed by atoms with van der Waals surface area (Å²) in [6.07, 6.45) is 0. The number of rotatable bonds is 0. The standard InChI is InChI=1S/C18H12/c1-2-8-15-11-16-10-13-6-4-5-7-14(13)12-18(16)17(15)9-3-1/h1-12H. The van der Waals surface area contributed by atoms with Gasteiger partial charge in [-0.1, -0.05) is 54.6 Å². The molecule has 0 aliphatic heterocycles. The summed E-state index contributed by atoms with van der Waals surface area (Å²) >= 11 is 0. The molecule has 0 bridgehead atoms. The largest absolute Gasteiger partial charge is 0.0622 e. The summed E-state index contributed by atoms with van der Waals surface area (Å²) in [5.74, 6) is 0. The lowest BCUT2D eigenvalue weighted by atomic mass is 10.1. The van der Waals surface area contributed by atoms with Crippen LogP contribution in [0.3, 0.4) is 0 Å². The predicted octanol–water partition coefficient (Wildman–Crippen LogP) is 5.10. The number of benzene rings is 2. The molecule has 2 aliphatic rings. The smallest absolute Gasteiger partial charge is 0.00988 e. The Morgan fingerprint density at radius 2 is 1.22 bits per heavy atom. The molecular formula is C18H12. The number of hydrogen-bond acceptors (Lipinski definition) is 0. The highest BCUT2D eigenvalue weighted by atomic mass is 14.1. The summed E-state index contributed by atoms with van der Waals surface area (Å²) in [6, 6.07) is 26.1. The molecular weight excluding hydrogens is 216 g/mol. The Morgan fingerprint density at radius 3 is 2.11 bits per heavy atom. The topological polar surface area (TPSA) is 0 Å². The van der Waals surface area contributed by atoms with Gasteiger partial charge in [0.1, 0.15) is 0 Å². The second kappa shape index (κ2) is 3.58. The van der Waals surface area contributed by atoms with Crippen LogP contribution in [0, 0.1) is 0 Å². The Morgan fingerprint density at radius 1 is 0.500 bits per heavy atom. The van der Waals surface area contributed by atoms with Gasteiger partial charge in [0.2, 0.25) is 0 Å². The highest BCUT2D eigenvalue weighted by Crippen LogP contribution is 2.35. The maximum absolute atomic E-state index is 2.30. The molecule has 0 radical (unpaired) electrons. The Kier molecular flexibility index (Phi) is 1.92. The fraction of sp³-hybridized carbons (Fsp3) is 0. The minimum atomic E-state index is 1.31. The lowest BCUT2D eigenvalue weighted by molar-refractivity contribution is 1.81. The van der Waals surface area contributed by atoms with Crippen molar-refractivity contribution in [1.29, 1.82) is 0 Å². The van der Waals surface area contributed by atoms with E-state index in [2.05, 4.69) is 72.8 Å². The minimum Gasteiger partial charge on any atom is -0.0622 e. The third-order valence-electron chi connectivity index (χ3n) is 3.59. The molecule has 0 spiro atoms. The molecule has 0 fully saturated rings. The average Bonchev–Trinajstić information content (AvgIpc) is 2.59. The van der Waals surface area contributed by atoms with Crippen molar-refractivity contribution in [3.63, 3.8) is 0 Å². The first kappa shape index (κ1) is 9.67. The molecule has 0 N–H and O–H groups in total. The van der Waals surface area contributed by atoms with Gasteiger partial charge in [-0.3, -0.25) is 0 Å². The van der Waals surface area contributed by atoms with Gasteiger partial charge in [0.25, 0.3) is 0 Å². The Bertz CT molecular complexity index is 827. The van der Waals surface area contributed by atoms with Crippen LogP contribution in [-0.4, -0.2) is 0 Å². The summed E-state index contributed by atoms with van der Waals surface area (Å²) in [4.78, 5) is 0. The van der Waals surface area contributed by atoms with Crippen LogP contribution in [-0.2, 0) is 0 Å². The fourth-order valence-electron chi connectivity index (χ4n) is 2.71. The number of fused-ring (bicyclic) bond motifs is 4. The van der Waals surface area contributed by atoms with Crippen LogP contribution < -0.4 is 0 Å². The van der Waals surface area contributed by atoms with E-state index in [1.54, 1.807) is 0 Å². The first-order chi connectivity index (χ1) is 8.92. The van der Waals surface area contributed by atoms with Crippen LogP contribution in [0.4, 0.5) is 0 Å². The van der Waals surface area contributed by atoms with Crippen LogP contribution in [0.1, 0.15) is 0 Å². The van der Waals surface area contributed by atoms with Crippen molar-refractivity contribution in [2.75, 3.05) is 0 Å².